The van der Waals surface area contributed by atoms with Crippen molar-refractivity contribution in [2.75, 3.05) is 19.5 Å². The van der Waals surface area contributed by atoms with Crippen LogP contribution in [0.2, 0.25) is 5.02 Å². The fraction of sp³-hybridized carbons (Fsp3) is 0.364. The predicted molar refractivity (Wildman–Crippen MR) is 121 cm³/mol. The number of hydrogen-bond donors (Lipinski definition) is 1. The number of aliphatic hydroxyl groups excluding tert-OH is 1. The summed E-state index contributed by atoms with van der Waals surface area (Å²) in [6, 6.07) is 15.2. The number of thioether (sulfide) groups is 1. The highest BCUT2D eigenvalue weighted by molar-refractivity contribution is 7.99. The van der Waals surface area contributed by atoms with E-state index in [2.05, 4.69) is 10.2 Å². The van der Waals surface area contributed by atoms with Crippen LogP contribution in [0, 0.1) is 0 Å². The quantitative estimate of drug-likeness (QED) is 0.497. The Morgan fingerprint density at radius 3 is 2.43 bits per heavy atom. The summed E-state index contributed by atoms with van der Waals surface area (Å²) < 4.78 is 12.9. The zero-order valence-electron chi connectivity index (χ0n) is 17.5. The van der Waals surface area contributed by atoms with E-state index in [9.17, 15) is 5.11 Å². The van der Waals surface area contributed by atoms with Gasteiger partial charge >= 0.3 is 0 Å². The highest BCUT2D eigenvalue weighted by Crippen LogP contribution is 2.32. The molecule has 0 amide bonds. The van der Waals surface area contributed by atoms with Gasteiger partial charge in [0.1, 0.15) is 5.75 Å². The van der Waals surface area contributed by atoms with Gasteiger partial charge in [-0.25, -0.2) is 0 Å². The molecule has 3 aromatic rings. The van der Waals surface area contributed by atoms with Crippen LogP contribution in [0.3, 0.4) is 0 Å². The second-order valence-electron chi connectivity index (χ2n) is 7.71. The van der Waals surface area contributed by atoms with Crippen LogP contribution in [0.4, 0.5) is 0 Å². The molecule has 1 atom stereocenters. The van der Waals surface area contributed by atoms with Crippen molar-refractivity contribution < 1.29 is 14.6 Å². The zero-order chi connectivity index (χ0) is 21.7. The largest absolute Gasteiger partial charge is 0.497 e. The van der Waals surface area contributed by atoms with Gasteiger partial charge in [0.05, 0.1) is 30.4 Å². The van der Waals surface area contributed by atoms with Gasteiger partial charge in [-0.15, -0.1) is 10.2 Å². The fourth-order valence-electron chi connectivity index (χ4n) is 2.71. The Morgan fingerprint density at radius 1 is 1.10 bits per heavy atom. The van der Waals surface area contributed by atoms with Crippen molar-refractivity contribution in [1.29, 1.82) is 0 Å². The monoisotopic (exact) mass is 447 g/mol. The number of aliphatic hydroxyl groups is 1. The molecule has 0 aliphatic rings. The average Bonchev–Trinajstić information content (AvgIpc) is 3.14. The van der Waals surface area contributed by atoms with E-state index < -0.39 is 6.10 Å². The lowest BCUT2D eigenvalue weighted by Gasteiger charge is -2.21. The van der Waals surface area contributed by atoms with E-state index in [1.807, 2.05) is 73.9 Å². The summed E-state index contributed by atoms with van der Waals surface area (Å²) >= 11 is 7.84. The zero-order valence-corrected chi connectivity index (χ0v) is 19.1. The van der Waals surface area contributed by atoms with Gasteiger partial charge < -0.3 is 14.6 Å². The smallest absolute Gasteiger partial charge is 0.196 e. The summed E-state index contributed by atoms with van der Waals surface area (Å²) in [5, 5.41) is 20.3. The minimum absolute atomic E-state index is 0.255. The van der Waals surface area contributed by atoms with Crippen LogP contribution in [0.25, 0.3) is 17.1 Å². The second-order valence-corrected chi connectivity index (χ2v) is 9.10. The van der Waals surface area contributed by atoms with Gasteiger partial charge in [0, 0.05) is 17.0 Å². The number of methoxy groups -OCH3 is 1. The maximum absolute atomic E-state index is 10.3. The second kappa shape index (κ2) is 9.83. The van der Waals surface area contributed by atoms with Crippen LogP contribution in [-0.2, 0) is 4.74 Å². The number of benzene rings is 2. The van der Waals surface area contributed by atoms with Gasteiger partial charge in [-0.2, -0.15) is 0 Å². The maximum Gasteiger partial charge on any atom is 0.196 e. The molecule has 0 aliphatic carbocycles. The van der Waals surface area contributed by atoms with E-state index in [-0.39, 0.29) is 12.2 Å². The molecule has 3 rings (SSSR count). The Morgan fingerprint density at radius 2 is 1.80 bits per heavy atom. The Bertz CT molecular complexity index is 971. The van der Waals surface area contributed by atoms with Crippen LogP contribution in [0.5, 0.6) is 5.75 Å². The van der Waals surface area contributed by atoms with Crippen molar-refractivity contribution in [1.82, 2.24) is 14.8 Å². The topological polar surface area (TPSA) is 69.4 Å². The molecule has 2 aromatic carbocycles. The first-order chi connectivity index (χ1) is 14.3. The molecule has 0 fully saturated rings. The molecule has 0 bridgehead atoms. The van der Waals surface area contributed by atoms with Crippen LogP contribution in [0.15, 0.2) is 53.7 Å². The molecular weight excluding hydrogens is 422 g/mol. The van der Waals surface area contributed by atoms with Gasteiger partial charge in [-0.1, -0.05) is 35.5 Å². The number of aromatic nitrogens is 3. The minimum Gasteiger partial charge on any atom is -0.497 e. The average molecular weight is 448 g/mol. The number of halogens is 1. The molecule has 1 N–H and O–H groups in total. The molecule has 8 heteroatoms. The summed E-state index contributed by atoms with van der Waals surface area (Å²) in [4.78, 5) is 0. The highest BCUT2D eigenvalue weighted by atomic mass is 35.5. The first-order valence-electron chi connectivity index (χ1n) is 9.58. The van der Waals surface area contributed by atoms with Crippen molar-refractivity contribution in [3.05, 3.63) is 53.6 Å². The summed E-state index contributed by atoms with van der Waals surface area (Å²) in [5.74, 6) is 1.82. The molecule has 6 nitrogen and oxygen atoms in total. The van der Waals surface area contributed by atoms with E-state index in [1.165, 1.54) is 11.8 Å². The van der Waals surface area contributed by atoms with E-state index in [1.54, 1.807) is 7.11 Å². The fourth-order valence-corrected chi connectivity index (χ4v) is 3.79. The van der Waals surface area contributed by atoms with Crippen LogP contribution in [-0.4, -0.2) is 51.0 Å². The summed E-state index contributed by atoms with van der Waals surface area (Å²) in [5.41, 5.74) is 1.36. The normalized spacial score (nSPS) is 12.7. The third kappa shape index (κ3) is 5.76. The maximum atomic E-state index is 10.3. The van der Waals surface area contributed by atoms with Gasteiger partial charge in [0.25, 0.3) is 0 Å². The van der Waals surface area contributed by atoms with Crippen LogP contribution in [0.1, 0.15) is 20.8 Å². The van der Waals surface area contributed by atoms with Crippen LogP contribution < -0.4 is 4.74 Å². The summed E-state index contributed by atoms with van der Waals surface area (Å²) in [6.45, 7) is 6.14. The van der Waals surface area contributed by atoms with Crippen molar-refractivity contribution in [3.8, 4) is 22.8 Å². The molecule has 1 aromatic heterocycles. The Hall–Kier alpha value is -2.06. The molecule has 0 saturated heterocycles. The Labute approximate surface area is 186 Å². The predicted octanol–water partition coefficient (Wildman–Crippen LogP) is 4.86. The van der Waals surface area contributed by atoms with Gasteiger partial charge in [-0.3, -0.25) is 4.57 Å². The van der Waals surface area contributed by atoms with E-state index in [0.717, 1.165) is 17.0 Å². The molecule has 0 radical (unpaired) electrons. The number of hydrogen-bond acceptors (Lipinski definition) is 6. The highest BCUT2D eigenvalue weighted by Gasteiger charge is 2.20. The molecule has 0 spiro atoms. The third-order valence-electron chi connectivity index (χ3n) is 4.19. The number of ether oxygens (including phenoxy) is 2. The standard InChI is InChI=1S/C22H26ClN3O3S/c1-22(2,3)29-13-16(27)14-30-21-25-24-20(18-7-5-6-8-19(18)23)26(21)15-9-11-17(28-4)12-10-15/h5-12,16,27H,13-14H2,1-4H3/t16-/m1/s1. The molecule has 160 valence electrons. The number of nitrogens with zero attached hydrogens (tertiary/aromatic N) is 3. The minimum atomic E-state index is -0.626. The van der Waals surface area contributed by atoms with E-state index in [4.69, 9.17) is 21.1 Å². The Kier molecular flexibility index (Phi) is 7.41. The van der Waals surface area contributed by atoms with Crippen molar-refractivity contribution >= 4 is 23.4 Å². The molecule has 1 heterocycles. The summed E-state index contributed by atoms with van der Waals surface area (Å²) in [6.07, 6.45) is -0.626. The first-order valence-corrected chi connectivity index (χ1v) is 10.9. The molecule has 30 heavy (non-hydrogen) atoms. The lowest BCUT2D eigenvalue weighted by molar-refractivity contribution is -0.0424. The third-order valence-corrected chi connectivity index (χ3v) is 5.60. The van der Waals surface area contributed by atoms with E-state index >= 15 is 0 Å². The SMILES string of the molecule is COc1ccc(-n2c(SC[C@H](O)COC(C)(C)C)nnc2-c2ccccc2Cl)cc1. The molecular formula is C22H26ClN3O3S. The van der Waals surface area contributed by atoms with Crippen molar-refractivity contribution in [2.24, 2.45) is 0 Å². The molecule has 0 aliphatic heterocycles. The van der Waals surface area contributed by atoms with Gasteiger partial charge in [-0.05, 0) is 57.2 Å². The van der Waals surface area contributed by atoms with Crippen LogP contribution >= 0.6 is 23.4 Å². The van der Waals surface area contributed by atoms with Crippen molar-refractivity contribution in [2.45, 2.75) is 37.6 Å². The summed E-state index contributed by atoms with van der Waals surface area (Å²) in [7, 11) is 1.63. The van der Waals surface area contributed by atoms with Gasteiger partial charge in [0.2, 0.25) is 0 Å². The Balaban J connectivity index is 1.90. The van der Waals surface area contributed by atoms with Gasteiger partial charge in [0.15, 0.2) is 11.0 Å². The number of rotatable bonds is 8. The van der Waals surface area contributed by atoms with Crippen molar-refractivity contribution in [3.63, 3.8) is 0 Å². The first kappa shape index (κ1) is 22.6. The molecule has 0 unspecified atom stereocenters. The lowest BCUT2D eigenvalue weighted by atomic mass is 10.2. The molecule has 0 saturated carbocycles. The lowest BCUT2D eigenvalue weighted by Crippen LogP contribution is -2.27. The van der Waals surface area contributed by atoms with E-state index in [0.29, 0.717) is 21.8 Å².